The number of rotatable bonds is 2. The Kier molecular flexibility index (Phi) is 4.03. The van der Waals surface area contributed by atoms with Crippen LogP contribution in [0, 0.1) is 0 Å². The van der Waals surface area contributed by atoms with E-state index in [0.717, 1.165) is 12.0 Å². The van der Waals surface area contributed by atoms with Crippen LogP contribution in [0.2, 0.25) is 0 Å². The predicted octanol–water partition coefficient (Wildman–Crippen LogP) is 2.30. The minimum absolute atomic E-state index is 0.0318. The molecule has 2 bridgehead atoms. The number of carbonyl (C=O) groups excluding carboxylic acids is 1. The number of nitrogens with zero attached hydrogens (tertiary/aromatic N) is 3. The molecular formula is C20H21N3O3. The molecule has 2 aromatic rings. The number of hydrogen-bond acceptors (Lipinski definition) is 4. The van der Waals surface area contributed by atoms with Crippen molar-refractivity contribution < 1.29 is 9.53 Å². The van der Waals surface area contributed by atoms with Crippen molar-refractivity contribution in [1.29, 1.82) is 0 Å². The van der Waals surface area contributed by atoms with Crippen LogP contribution in [0.3, 0.4) is 0 Å². The third-order valence-corrected chi connectivity index (χ3v) is 5.12. The molecular weight excluding hydrogens is 330 g/mol. The molecule has 0 aliphatic carbocycles. The highest BCUT2D eigenvalue weighted by atomic mass is 16.5. The second-order valence-electron chi connectivity index (χ2n) is 6.51. The van der Waals surface area contributed by atoms with Gasteiger partial charge in [-0.3, -0.25) is 19.3 Å². The Hall–Kier alpha value is -3.02. The first-order valence-corrected chi connectivity index (χ1v) is 8.72. The molecule has 1 aromatic carbocycles. The van der Waals surface area contributed by atoms with Crippen molar-refractivity contribution in [3.8, 4) is 5.75 Å². The molecule has 2 aliphatic heterocycles. The molecule has 0 radical (unpaired) electrons. The van der Waals surface area contributed by atoms with E-state index in [0.29, 0.717) is 6.54 Å². The highest BCUT2D eigenvalue weighted by Gasteiger charge is 2.40. The van der Waals surface area contributed by atoms with Gasteiger partial charge in [-0.25, -0.2) is 0 Å². The summed E-state index contributed by atoms with van der Waals surface area (Å²) in [6.45, 7) is 2.52. The van der Waals surface area contributed by atoms with E-state index < -0.39 is 0 Å². The van der Waals surface area contributed by atoms with Crippen molar-refractivity contribution in [3.05, 3.63) is 76.2 Å². The Balaban J connectivity index is 1.96. The van der Waals surface area contributed by atoms with Gasteiger partial charge >= 0.3 is 0 Å². The largest absolute Gasteiger partial charge is 0.491 e. The molecule has 0 N–H and O–H groups in total. The van der Waals surface area contributed by atoms with Crippen molar-refractivity contribution in [2.75, 3.05) is 18.7 Å². The van der Waals surface area contributed by atoms with Crippen LogP contribution < -0.4 is 15.2 Å². The number of benzene rings is 1. The number of amides is 1. The molecule has 2 aliphatic rings. The Morgan fingerprint density at radius 2 is 1.85 bits per heavy atom. The molecule has 4 rings (SSSR count). The fourth-order valence-electron chi connectivity index (χ4n) is 3.85. The average Bonchev–Trinajstić information content (AvgIpc) is 2.65. The lowest BCUT2D eigenvalue weighted by atomic mass is 10.0. The average molecular weight is 351 g/mol. The number of carbonyl (C=O) groups is 1. The van der Waals surface area contributed by atoms with Gasteiger partial charge in [-0.15, -0.1) is 0 Å². The van der Waals surface area contributed by atoms with Crippen LogP contribution in [0.25, 0.3) is 0 Å². The monoisotopic (exact) mass is 351 g/mol. The van der Waals surface area contributed by atoms with E-state index in [1.807, 2.05) is 31.2 Å². The van der Waals surface area contributed by atoms with E-state index in [-0.39, 0.29) is 35.0 Å². The lowest BCUT2D eigenvalue weighted by Gasteiger charge is -2.49. The van der Waals surface area contributed by atoms with Crippen LogP contribution in [-0.2, 0) is 0 Å². The Labute approximate surface area is 151 Å². The number of hydrogen-bond donors (Lipinski definition) is 0. The first-order chi connectivity index (χ1) is 12.6. The van der Waals surface area contributed by atoms with Gasteiger partial charge in [-0.1, -0.05) is 42.5 Å². The maximum Gasteiger partial charge on any atom is 0.278 e. The number of pyridine rings is 1. The summed E-state index contributed by atoms with van der Waals surface area (Å²) in [7, 11) is 1.43. The van der Waals surface area contributed by atoms with Gasteiger partial charge in [-0.05, 0) is 18.9 Å². The lowest BCUT2D eigenvalue weighted by Crippen LogP contribution is -2.61. The van der Waals surface area contributed by atoms with E-state index in [9.17, 15) is 9.59 Å². The van der Waals surface area contributed by atoms with Crippen LogP contribution in [0.5, 0.6) is 5.75 Å². The van der Waals surface area contributed by atoms with E-state index in [4.69, 9.17) is 4.74 Å². The highest BCUT2D eigenvalue weighted by Crippen LogP contribution is 2.33. The van der Waals surface area contributed by atoms with Gasteiger partial charge in [0.15, 0.2) is 11.4 Å². The number of aromatic nitrogens is 1. The van der Waals surface area contributed by atoms with Crippen LogP contribution in [0.4, 0.5) is 0 Å². The second-order valence-corrected chi connectivity index (χ2v) is 6.51. The minimum Gasteiger partial charge on any atom is -0.491 e. The topological polar surface area (TPSA) is 54.8 Å². The molecule has 6 nitrogen and oxygen atoms in total. The normalized spacial score (nSPS) is 23.1. The number of methoxy groups -OCH3 is 1. The Morgan fingerprint density at radius 1 is 1.08 bits per heavy atom. The van der Waals surface area contributed by atoms with Gasteiger partial charge in [-0.2, -0.15) is 0 Å². The summed E-state index contributed by atoms with van der Waals surface area (Å²) < 4.78 is 7.09. The van der Waals surface area contributed by atoms with Gasteiger partial charge in [0.1, 0.15) is 6.17 Å². The van der Waals surface area contributed by atoms with E-state index in [1.165, 1.54) is 13.2 Å². The molecule has 2 atom stereocenters. The predicted molar refractivity (Wildman–Crippen MR) is 98.9 cm³/mol. The van der Waals surface area contributed by atoms with E-state index in [1.54, 1.807) is 15.8 Å². The molecule has 2 unspecified atom stereocenters. The molecule has 0 saturated heterocycles. The van der Waals surface area contributed by atoms with Crippen molar-refractivity contribution in [1.82, 2.24) is 9.58 Å². The molecule has 1 amide bonds. The first kappa shape index (κ1) is 16.4. The third kappa shape index (κ3) is 2.41. The SMILES string of the molecule is COc1c2n(ccc1=O)N1C(c3ccccc3)C/C=C\CN(C2=O)C1C. The molecule has 0 saturated carbocycles. The number of ether oxygens (including phenoxy) is 1. The Morgan fingerprint density at radius 3 is 2.58 bits per heavy atom. The van der Waals surface area contributed by atoms with Gasteiger partial charge in [0.05, 0.1) is 13.2 Å². The summed E-state index contributed by atoms with van der Waals surface area (Å²) in [6.07, 6.45) is 6.46. The zero-order valence-electron chi connectivity index (χ0n) is 14.8. The maximum atomic E-state index is 13.1. The summed E-state index contributed by atoms with van der Waals surface area (Å²) in [6, 6.07) is 11.7. The molecule has 3 heterocycles. The second kappa shape index (κ2) is 6.37. The van der Waals surface area contributed by atoms with Crippen LogP contribution in [0.1, 0.15) is 35.4 Å². The Bertz CT molecular complexity index is 920. The van der Waals surface area contributed by atoms with Crippen LogP contribution in [0.15, 0.2) is 59.5 Å². The van der Waals surface area contributed by atoms with Crippen molar-refractivity contribution in [2.45, 2.75) is 25.6 Å². The summed E-state index contributed by atoms with van der Waals surface area (Å²) in [5.41, 5.74) is 1.16. The standard InChI is InChI=1S/C20H21N3O3/c1-14-21-12-7-6-10-16(15-8-4-3-5-9-15)23(14)22-13-11-17(24)19(26-2)18(22)20(21)25/h3-9,11,13-14,16H,10,12H2,1-2H3/b7-6-. The molecule has 134 valence electrons. The van der Waals surface area contributed by atoms with Crippen molar-refractivity contribution in [3.63, 3.8) is 0 Å². The molecule has 0 spiro atoms. The summed E-state index contributed by atoms with van der Waals surface area (Å²) in [4.78, 5) is 27.1. The molecule has 0 fully saturated rings. The lowest BCUT2D eigenvalue weighted by molar-refractivity contribution is 0.0591. The van der Waals surface area contributed by atoms with E-state index >= 15 is 0 Å². The third-order valence-electron chi connectivity index (χ3n) is 5.12. The molecule has 6 heteroatoms. The summed E-state index contributed by atoms with van der Waals surface area (Å²) in [5, 5.41) is 2.15. The smallest absolute Gasteiger partial charge is 0.278 e. The minimum atomic E-state index is -0.287. The maximum absolute atomic E-state index is 13.1. The molecule has 1 aromatic heterocycles. The molecule has 26 heavy (non-hydrogen) atoms. The zero-order valence-corrected chi connectivity index (χ0v) is 14.8. The van der Waals surface area contributed by atoms with Crippen molar-refractivity contribution in [2.24, 2.45) is 0 Å². The fraction of sp³-hybridized carbons (Fsp3) is 0.300. The summed E-state index contributed by atoms with van der Waals surface area (Å²) in [5.74, 6) is -0.0996. The van der Waals surface area contributed by atoms with Crippen LogP contribution >= 0.6 is 0 Å². The summed E-state index contributed by atoms with van der Waals surface area (Å²) >= 11 is 0. The quantitative estimate of drug-likeness (QED) is 0.779. The van der Waals surface area contributed by atoms with Crippen molar-refractivity contribution >= 4 is 5.91 Å². The zero-order chi connectivity index (χ0) is 18.3. The van der Waals surface area contributed by atoms with Gasteiger partial charge in [0.2, 0.25) is 5.43 Å². The van der Waals surface area contributed by atoms with Gasteiger partial charge in [0, 0.05) is 18.8 Å². The van der Waals surface area contributed by atoms with Gasteiger partial charge < -0.3 is 9.64 Å². The van der Waals surface area contributed by atoms with Crippen LogP contribution in [-0.4, -0.2) is 35.3 Å². The first-order valence-electron chi connectivity index (χ1n) is 8.72. The number of fused-ring (bicyclic) bond motifs is 4. The highest BCUT2D eigenvalue weighted by molar-refractivity contribution is 5.96. The van der Waals surface area contributed by atoms with E-state index in [2.05, 4.69) is 23.2 Å². The van der Waals surface area contributed by atoms with Gasteiger partial charge in [0.25, 0.3) is 5.91 Å². The fourth-order valence-corrected chi connectivity index (χ4v) is 3.85.